The van der Waals surface area contributed by atoms with Crippen molar-refractivity contribution in [3.05, 3.63) is 129 Å². The molecule has 2 heterocycles. The normalized spacial score (nSPS) is 20.8. The number of nitrogens with one attached hydrogen (secondary N) is 1. The second-order valence-corrected chi connectivity index (χ2v) is 9.38. The monoisotopic (exact) mass is 546 g/mol. The maximum Gasteiger partial charge on any atom is 0.330 e. The highest BCUT2D eigenvalue weighted by atomic mass is 16.6. The molecule has 1 saturated heterocycles. The standard InChI is InChI=1S/C30H30N2O8/c1-37-22-12-8-20(9-13-22)30(19-6-4-3-5-7-19,21-10-14-23(38-2)15-11-21)39-18-24-26(34)27(35)28(40-24)32-17-16-25(33)31-29(32)36/h3-17,24,26-28,34-35H,18H2,1-2H3,(H,31,33,36)/t24-,26?,27?,28-/m0/s1. The van der Waals surface area contributed by atoms with Gasteiger partial charge in [0.15, 0.2) is 6.23 Å². The summed E-state index contributed by atoms with van der Waals surface area (Å²) in [4.78, 5) is 26.0. The van der Waals surface area contributed by atoms with Gasteiger partial charge in [0.25, 0.3) is 5.56 Å². The van der Waals surface area contributed by atoms with Gasteiger partial charge in [-0.3, -0.25) is 14.3 Å². The predicted octanol–water partition coefficient (Wildman–Crippen LogP) is 2.18. The Balaban J connectivity index is 1.56. The van der Waals surface area contributed by atoms with E-state index >= 15 is 0 Å². The van der Waals surface area contributed by atoms with Crippen LogP contribution in [-0.4, -0.2) is 58.9 Å². The Bertz CT molecular complexity index is 1490. The molecule has 3 N–H and O–H groups in total. The summed E-state index contributed by atoms with van der Waals surface area (Å²) in [5.74, 6) is 1.35. The Kier molecular flexibility index (Phi) is 7.85. The lowest BCUT2D eigenvalue weighted by molar-refractivity contribution is -0.0958. The zero-order valence-corrected chi connectivity index (χ0v) is 22.0. The molecule has 0 radical (unpaired) electrons. The highest BCUT2D eigenvalue weighted by Gasteiger charge is 2.46. The first-order valence-electron chi connectivity index (χ1n) is 12.7. The van der Waals surface area contributed by atoms with E-state index in [9.17, 15) is 19.8 Å². The van der Waals surface area contributed by atoms with Gasteiger partial charge in [-0.2, -0.15) is 0 Å². The van der Waals surface area contributed by atoms with Gasteiger partial charge in [0.1, 0.15) is 35.4 Å². The fourth-order valence-electron chi connectivity index (χ4n) is 5.01. The quantitative estimate of drug-likeness (QED) is 0.272. The topological polar surface area (TPSA) is 132 Å². The average molecular weight is 547 g/mol. The minimum absolute atomic E-state index is 0.153. The van der Waals surface area contributed by atoms with E-state index in [1.54, 1.807) is 14.2 Å². The van der Waals surface area contributed by atoms with E-state index in [0.29, 0.717) is 11.5 Å². The fourth-order valence-corrected chi connectivity index (χ4v) is 5.01. The third-order valence-electron chi connectivity index (χ3n) is 7.10. The number of rotatable bonds is 9. The van der Waals surface area contributed by atoms with Crippen LogP contribution in [0.3, 0.4) is 0 Å². The first-order valence-corrected chi connectivity index (χ1v) is 12.7. The molecule has 4 aromatic rings. The summed E-state index contributed by atoms with van der Waals surface area (Å²) >= 11 is 0. The number of H-pyrrole nitrogens is 1. The SMILES string of the molecule is COc1ccc(C(OC[C@@H]2O[C@H](n3ccc(=O)[nH]c3=O)C(O)C2O)(c2ccccc2)c2ccc(OC)cc2)cc1. The molecule has 0 spiro atoms. The summed E-state index contributed by atoms with van der Waals surface area (Å²) in [6, 6.07) is 25.7. The molecule has 1 aromatic heterocycles. The van der Waals surface area contributed by atoms with Crippen LogP contribution in [0.4, 0.5) is 0 Å². The molecule has 0 bridgehead atoms. The summed E-state index contributed by atoms with van der Waals surface area (Å²) < 4.78 is 24.5. The zero-order chi connectivity index (χ0) is 28.3. The number of methoxy groups -OCH3 is 2. The van der Waals surface area contributed by atoms with Crippen molar-refractivity contribution in [2.45, 2.75) is 30.1 Å². The molecule has 0 aliphatic carbocycles. The Morgan fingerprint density at radius 3 is 1.88 bits per heavy atom. The number of hydrogen-bond donors (Lipinski definition) is 3. The fraction of sp³-hybridized carbons (Fsp3) is 0.267. The Morgan fingerprint density at radius 1 is 0.800 bits per heavy atom. The molecule has 1 fully saturated rings. The molecule has 40 heavy (non-hydrogen) atoms. The van der Waals surface area contributed by atoms with E-state index < -0.39 is 41.4 Å². The average Bonchev–Trinajstić information content (AvgIpc) is 3.27. The van der Waals surface area contributed by atoms with E-state index in [0.717, 1.165) is 27.3 Å². The van der Waals surface area contributed by atoms with E-state index in [2.05, 4.69) is 4.98 Å². The number of hydrogen-bond acceptors (Lipinski definition) is 8. The van der Waals surface area contributed by atoms with Gasteiger partial charge in [0, 0.05) is 12.3 Å². The van der Waals surface area contributed by atoms with Crippen LogP contribution < -0.4 is 20.7 Å². The van der Waals surface area contributed by atoms with Crippen LogP contribution in [0.25, 0.3) is 0 Å². The van der Waals surface area contributed by atoms with Gasteiger partial charge >= 0.3 is 5.69 Å². The number of aromatic amines is 1. The first kappa shape index (κ1) is 27.4. The Labute approximate surface area is 230 Å². The molecule has 3 aromatic carbocycles. The number of aliphatic hydroxyl groups excluding tert-OH is 2. The van der Waals surface area contributed by atoms with Crippen LogP contribution in [0.2, 0.25) is 0 Å². The van der Waals surface area contributed by atoms with Crippen molar-refractivity contribution >= 4 is 0 Å². The van der Waals surface area contributed by atoms with Crippen molar-refractivity contribution in [2.75, 3.05) is 20.8 Å². The van der Waals surface area contributed by atoms with Crippen molar-refractivity contribution in [2.24, 2.45) is 0 Å². The van der Waals surface area contributed by atoms with Crippen LogP contribution in [0, 0.1) is 0 Å². The van der Waals surface area contributed by atoms with Crippen LogP contribution in [-0.2, 0) is 15.1 Å². The predicted molar refractivity (Wildman–Crippen MR) is 146 cm³/mol. The van der Waals surface area contributed by atoms with Crippen molar-refractivity contribution in [3.8, 4) is 11.5 Å². The summed E-state index contributed by atoms with van der Waals surface area (Å²) in [6.07, 6.45) is -3.82. The lowest BCUT2D eigenvalue weighted by atomic mass is 9.80. The number of ether oxygens (including phenoxy) is 4. The highest BCUT2D eigenvalue weighted by molar-refractivity contribution is 5.49. The summed E-state index contributed by atoms with van der Waals surface area (Å²) in [7, 11) is 3.18. The largest absolute Gasteiger partial charge is 0.497 e. The minimum Gasteiger partial charge on any atom is -0.497 e. The molecular weight excluding hydrogens is 516 g/mol. The van der Waals surface area contributed by atoms with E-state index in [1.807, 2.05) is 78.9 Å². The second-order valence-electron chi connectivity index (χ2n) is 9.38. The molecule has 208 valence electrons. The lowest BCUT2D eigenvalue weighted by Crippen LogP contribution is -2.40. The molecule has 5 rings (SSSR count). The molecule has 0 amide bonds. The van der Waals surface area contributed by atoms with Crippen molar-refractivity contribution in [1.29, 1.82) is 0 Å². The van der Waals surface area contributed by atoms with Crippen LogP contribution in [0.5, 0.6) is 11.5 Å². The third kappa shape index (κ3) is 5.05. The molecule has 0 saturated carbocycles. The van der Waals surface area contributed by atoms with Gasteiger partial charge in [0.2, 0.25) is 0 Å². The lowest BCUT2D eigenvalue weighted by Gasteiger charge is -2.37. The molecule has 1 aliphatic rings. The van der Waals surface area contributed by atoms with Gasteiger partial charge < -0.3 is 29.2 Å². The Hall–Kier alpha value is -4.22. The maximum absolute atomic E-state index is 12.3. The summed E-state index contributed by atoms with van der Waals surface area (Å²) in [6.45, 7) is -0.153. The number of benzene rings is 3. The zero-order valence-electron chi connectivity index (χ0n) is 22.0. The van der Waals surface area contributed by atoms with E-state index in [-0.39, 0.29) is 6.61 Å². The summed E-state index contributed by atoms with van der Waals surface area (Å²) in [5, 5.41) is 21.7. The van der Waals surface area contributed by atoms with Crippen molar-refractivity contribution < 1.29 is 29.2 Å². The van der Waals surface area contributed by atoms with E-state index in [1.165, 1.54) is 6.20 Å². The van der Waals surface area contributed by atoms with Crippen LogP contribution >= 0.6 is 0 Å². The minimum atomic E-state index is -1.44. The summed E-state index contributed by atoms with van der Waals surface area (Å²) in [5.41, 5.74) is -0.133. The molecule has 10 nitrogen and oxygen atoms in total. The molecular formula is C30H30N2O8. The van der Waals surface area contributed by atoms with Crippen molar-refractivity contribution in [3.63, 3.8) is 0 Å². The highest BCUT2D eigenvalue weighted by Crippen LogP contribution is 2.42. The molecule has 4 atom stereocenters. The number of aromatic nitrogens is 2. The van der Waals surface area contributed by atoms with Gasteiger partial charge in [-0.25, -0.2) is 4.79 Å². The number of nitrogens with zero attached hydrogens (tertiary/aromatic N) is 1. The van der Waals surface area contributed by atoms with Crippen LogP contribution in [0.1, 0.15) is 22.9 Å². The van der Waals surface area contributed by atoms with Crippen LogP contribution in [0.15, 0.2) is 101 Å². The molecule has 2 unspecified atom stereocenters. The second kappa shape index (κ2) is 11.5. The number of aliphatic hydroxyl groups is 2. The van der Waals surface area contributed by atoms with Gasteiger partial charge in [-0.15, -0.1) is 0 Å². The third-order valence-corrected chi connectivity index (χ3v) is 7.10. The maximum atomic E-state index is 12.3. The van der Waals surface area contributed by atoms with E-state index in [4.69, 9.17) is 18.9 Å². The smallest absolute Gasteiger partial charge is 0.330 e. The van der Waals surface area contributed by atoms with Crippen molar-refractivity contribution in [1.82, 2.24) is 9.55 Å². The molecule has 10 heteroatoms. The van der Waals surface area contributed by atoms with Gasteiger partial charge in [0.05, 0.1) is 20.8 Å². The Morgan fingerprint density at radius 2 is 1.35 bits per heavy atom. The first-order chi connectivity index (χ1) is 19.4. The molecule has 1 aliphatic heterocycles. The van der Waals surface area contributed by atoms with Gasteiger partial charge in [-0.1, -0.05) is 54.6 Å². The van der Waals surface area contributed by atoms with Gasteiger partial charge in [-0.05, 0) is 41.0 Å².